The SMILES string of the molecule is CC1CCCC(O)(CNc2ccc(Cl)cc2N)C1. The molecule has 0 saturated heterocycles. The van der Waals surface area contributed by atoms with E-state index in [0.29, 0.717) is 23.2 Å². The molecule has 4 N–H and O–H groups in total. The molecule has 1 aliphatic carbocycles. The summed E-state index contributed by atoms with van der Waals surface area (Å²) in [5.74, 6) is 0.591. The molecule has 100 valence electrons. The number of hydrogen-bond donors (Lipinski definition) is 3. The van der Waals surface area contributed by atoms with E-state index in [9.17, 15) is 5.11 Å². The molecule has 0 radical (unpaired) electrons. The summed E-state index contributed by atoms with van der Waals surface area (Å²) in [5, 5.41) is 14.4. The maximum Gasteiger partial charge on any atom is 0.0821 e. The summed E-state index contributed by atoms with van der Waals surface area (Å²) in [6.07, 6.45) is 4.02. The van der Waals surface area contributed by atoms with Crippen molar-refractivity contribution in [3.63, 3.8) is 0 Å². The Balaban J connectivity index is 1.98. The van der Waals surface area contributed by atoms with Crippen LogP contribution in [0.3, 0.4) is 0 Å². The average molecular weight is 269 g/mol. The van der Waals surface area contributed by atoms with Gasteiger partial charge in [0.15, 0.2) is 0 Å². The van der Waals surface area contributed by atoms with Gasteiger partial charge in [-0.3, -0.25) is 0 Å². The topological polar surface area (TPSA) is 58.3 Å². The fourth-order valence-electron chi connectivity index (χ4n) is 2.75. The molecular weight excluding hydrogens is 248 g/mol. The standard InChI is InChI=1S/C14H21ClN2O/c1-10-3-2-6-14(18,8-10)9-17-13-5-4-11(15)7-12(13)16/h4-5,7,10,17-18H,2-3,6,8-9,16H2,1H3. The van der Waals surface area contributed by atoms with Crippen LogP contribution in [0, 0.1) is 5.92 Å². The van der Waals surface area contributed by atoms with Crippen LogP contribution in [-0.4, -0.2) is 17.3 Å². The van der Waals surface area contributed by atoms with Crippen molar-refractivity contribution in [3.05, 3.63) is 23.2 Å². The maximum absolute atomic E-state index is 10.5. The third-order valence-corrected chi connectivity index (χ3v) is 3.92. The number of nitrogens with one attached hydrogen (secondary N) is 1. The summed E-state index contributed by atoms with van der Waals surface area (Å²) in [4.78, 5) is 0. The molecule has 0 amide bonds. The first-order chi connectivity index (χ1) is 8.48. The normalized spacial score (nSPS) is 28.1. The van der Waals surface area contributed by atoms with E-state index in [1.807, 2.05) is 6.07 Å². The number of aliphatic hydroxyl groups is 1. The first kappa shape index (κ1) is 13.5. The van der Waals surface area contributed by atoms with Crippen LogP contribution in [-0.2, 0) is 0 Å². The molecule has 18 heavy (non-hydrogen) atoms. The van der Waals surface area contributed by atoms with Crippen LogP contribution in [0.15, 0.2) is 18.2 Å². The smallest absolute Gasteiger partial charge is 0.0821 e. The molecule has 2 rings (SSSR count). The highest BCUT2D eigenvalue weighted by molar-refractivity contribution is 6.31. The fourth-order valence-corrected chi connectivity index (χ4v) is 2.93. The van der Waals surface area contributed by atoms with Crippen LogP contribution in [0.1, 0.15) is 32.6 Å². The second kappa shape index (κ2) is 5.37. The molecule has 1 aromatic carbocycles. The molecule has 2 atom stereocenters. The van der Waals surface area contributed by atoms with Crippen LogP contribution >= 0.6 is 11.6 Å². The average Bonchev–Trinajstić information content (AvgIpc) is 2.27. The van der Waals surface area contributed by atoms with Gasteiger partial charge in [-0.05, 0) is 37.0 Å². The molecule has 0 aliphatic heterocycles. The molecule has 0 spiro atoms. The summed E-state index contributed by atoms with van der Waals surface area (Å²) < 4.78 is 0. The Hall–Kier alpha value is -0.930. The predicted octanol–water partition coefficient (Wildman–Crippen LogP) is 3.28. The zero-order valence-electron chi connectivity index (χ0n) is 10.7. The quantitative estimate of drug-likeness (QED) is 0.738. The Morgan fingerprint density at radius 2 is 2.33 bits per heavy atom. The number of nitrogens with two attached hydrogens (primary N) is 1. The van der Waals surface area contributed by atoms with Crippen LogP contribution in [0.5, 0.6) is 0 Å². The van der Waals surface area contributed by atoms with E-state index in [1.54, 1.807) is 12.1 Å². The van der Waals surface area contributed by atoms with Crippen LogP contribution in [0.25, 0.3) is 0 Å². The Morgan fingerprint density at radius 1 is 1.56 bits per heavy atom. The molecule has 4 heteroatoms. The lowest BCUT2D eigenvalue weighted by molar-refractivity contribution is -0.000746. The highest BCUT2D eigenvalue weighted by Crippen LogP contribution is 2.33. The van der Waals surface area contributed by atoms with Gasteiger partial charge in [-0.15, -0.1) is 0 Å². The Morgan fingerprint density at radius 3 is 3.00 bits per heavy atom. The molecule has 0 bridgehead atoms. The molecule has 1 fully saturated rings. The molecule has 1 aliphatic rings. The maximum atomic E-state index is 10.5. The van der Waals surface area contributed by atoms with Crippen molar-refractivity contribution < 1.29 is 5.11 Å². The van der Waals surface area contributed by atoms with Gasteiger partial charge in [0.2, 0.25) is 0 Å². The van der Waals surface area contributed by atoms with E-state index < -0.39 is 5.60 Å². The van der Waals surface area contributed by atoms with E-state index in [0.717, 1.165) is 24.9 Å². The Bertz CT molecular complexity index is 424. The molecule has 3 nitrogen and oxygen atoms in total. The van der Waals surface area contributed by atoms with E-state index in [2.05, 4.69) is 12.2 Å². The van der Waals surface area contributed by atoms with Gasteiger partial charge in [-0.1, -0.05) is 31.4 Å². The van der Waals surface area contributed by atoms with E-state index >= 15 is 0 Å². The molecular formula is C14H21ClN2O. The van der Waals surface area contributed by atoms with Gasteiger partial charge < -0.3 is 16.2 Å². The Kier molecular flexibility index (Phi) is 4.03. The van der Waals surface area contributed by atoms with Gasteiger partial charge in [0.1, 0.15) is 0 Å². The van der Waals surface area contributed by atoms with Crippen molar-refractivity contribution in [1.82, 2.24) is 0 Å². The minimum Gasteiger partial charge on any atom is -0.397 e. The van der Waals surface area contributed by atoms with Crippen LogP contribution in [0.4, 0.5) is 11.4 Å². The molecule has 0 heterocycles. The summed E-state index contributed by atoms with van der Waals surface area (Å²) in [6.45, 7) is 2.74. The monoisotopic (exact) mass is 268 g/mol. The number of halogens is 1. The molecule has 1 aromatic rings. The van der Waals surface area contributed by atoms with Gasteiger partial charge in [0.25, 0.3) is 0 Å². The summed E-state index contributed by atoms with van der Waals surface area (Å²) >= 11 is 5.86. The van der Waals surface area contributed by atoms with E-state index in [-0.39, 0.29) is 0 Å². The lowest BCUT2D eigenvalue weighted by Crippen LogP contribution is -2.41. The minimum absolute atomic E-state index is 0.545. The highest BCUT2D eigenvalue weighted by Gasteiger charge is 2.32. The van der Waals surface area contributed by atoms with Crippen molar-refractivity contribution in [2.45, 2.75) is 38.2 Å². The van der Waals surface area contributed by atoms with Crippen LogP contribution < -0.4 is 11.1 Å². The van der Waals surface area contributed by atoms with Crippen molar-refractivity contribution in [2.75, 3.05) is 17.6 Å². The molecule has 1 saturated carbocycles. The Labute approximate surface area is 113 Å². The third-order valence-electron chi connectivity index (χ3n) is 3.69. The van der Waals surface area contributed by atoms with Gasteiger partial charge in [0.05, 0.1) is 17.0 Å². The van der Waals surface area contributed by atoms with E-state index in [1.165, 1.54) is 6.42 Å². The zero-order valence-corrected chi connectivity index (χ0v) is 11.5. The number of nitrogen functional groups attached to an aromatic ring is 1. The van der Waals surface area contributed by atoms with Gasteiger partial charge in [-0.25, -0.2) is 0 Å². The lowest BCUT2D eigenvalue weighted by atomic mass is 9.79. The largest absolute Gasteiger partial charge is 0.397 e. The first-order valence-electron chi connectivity index (χ1n) is 6.50. The third kappa shape index (κ3) is 3.30. The van der Waals surface area contributed by atoms with Crippen LogP contribution in [0.2, 0.25) is 5.02 Å². The lowest BCUT2D eigenvalue weighted by Gasteiger charge is -2.36. The van der Waals surface area contributed by atoms with Gasteiger partial charge in [-0.2, -0.15) is 0 Å². The van der Waals surface area contributed by atoms with Crippen molar-refractivity contribution >= 4 is 23.0 Å². The van der Waals surface area contributed by atoms with Gasteiger partial charge in [0, 0.05) is 11.6 Å². The second-order valence-corrected chi connectivity index (χ2v) is 5.95. The first-order valence-corrected chi connectivity index (χ1v) is 6.88. The molecule has 0 aromatic heterocycles. The van der Waals surface area contributed by atoms with Gasteiger partial charge >= 0.3 is 0 Å². The second-order valence-electron chi connectivity index (χ2n) is 5.51. The number of benzene rings is 1. The number of rotatable bonds is 3. The summed E-state index contributed by atoms with van der Waals surface area (Å²) in [6, 6.07) is 5.37. The predicted molar refractivity (Wildman–Crippen MR) is 76.9 cm³/mol. The van der Waals surface area contributed by atoms with Crippen molar-refractivity contribution in [2.24, 2.45) is 5.92 Å². The minimum atomic E-state index is -0.607. The summed E-state index contributed by atoms with van der Waals surface area (Å²) in [7, 11) is 0. The number of hydrogen-bond acceptors (Lipinski definition) is 3. The highest BCUT2D eigenvalue weighted by atomic mass is 35.5. The molecule has 2 unspecified atom stereocenters. The van der Waals surface area contributed by atoms with E-state index in [4.69, 9.17) is 17.3 Å². The number of anilines is 2. The zero-order chi connectivity index (χ0) is 13.2. The van der Waals surface area contributed by atoms with Crippen molar-refractivity contribution in [1.29, 1.82) is 0 Å². The fraction of sp³-hybridized carbons (Fsp3) is 0.571. The summed E-state index contributed by atoms with van der Waals surface area (Å²) in [5.41, 5.74) is 6.73. The van der Waals surface area contributed by atoms with Crippen molar-refractivity contribution in [3.8, 4) is 0 Å².